The van der Waals surface area contributed by atoms with E-state index < -0.39 is 47.2 Å². The maximum atomic E-state index is 14.7. The Labute approximate surface area is 185 Å². The lowest BCUT2D eigenvalue weighted by molar-refractivity contribution is -0.0584. The Morgan fingerprint density at radius 3 is 2.61 bits per heavy atom. The molecule has 1 amide bonds. The monoisotopic (exact) mass is 465 g/mol. The lowest BCUT2D eigenvalue weighted by Gasteiger charge is -2.20. The molecule has 0 saturated heterocycles. The number of nitrogens with zero attached hydrogens (tertiary/aromatic N) is 2. The van der Waals surface area contributed by atoms with Crippen LogP contribution >= 0.6 is 0 Å². The van der Waals surface area contributed by atoms with E-state index in [-0.39, 0.29) is 22.7 Å². The average molecular weight is 465 g/mol. The number of amides is 1. The largest absolute Gasteiger partial charge is 0.497 e. The normalized spacial score (nSPS) is 12.3. The molecule has 0 fully saturated rings. The summed E-state index contributed by atoms with van der Waals surface area (Å²) in [6, 6.07) is 7.84. The van der Waals surface area contributed by atoms with Crippen molar-refractivity contribution >= 4 is 5.91 Å². The minimum absolute atomic E-state index is 0.249. The number of aromatic nitrogens is 2. The highest BCUT2D eigenvalue weighted by atomic mass is 19.3. The quantitative estimate of drug-likeness (QED) is 0.523. The van der Waals surface area contributed by atoms with Crippen molar-refractivity contribution < 1.29 is 32.2 Å². The molecule has 0 spiro atoms. The molecule has 0 aliphatic rings. The number of benzene rings is 2. The van der Waals surface area contributed by atoms with Crippen LogP contribution in [-0.2, 0) is 5.92 Å². The number of aliphatic hydroxyl groups excluding tert-OH is 1. The van der Waals surface area contributed by atoms with Gasteiger partial charge < -0.3 is 15.2 Å². The molecule has 1 atom stereocenters. The predicted octanol–water partition coefficient (Wildman–Crippen LogP) is 3.09. The Hall–Kier alpha value is -3.73. The third-order valence-electron chi connectivity index (χ3n) is 4.85. The molecule has 2 N–H and O–H groups in total. The van der Waals surface area contributed by atoms with Gasteiger partial charge in [-0.25, -0.2) is 8.78 Å². The van der Waals surface area contributed by atoms with Crippen molar-refractivity contribution in [3.63, 3.8) is 0 Å². The highest BCUT2D eigenvalue weighted by Crippen LogP contribution is 2.32. The number of hydrogen-bond donors (Lipinski definition) is 2. The lowest BCUT2D eigenvalue weighted by Crippen LogP contribution is -2.31. The zero-order valence-corrected chi connectivity index (χ0v) is 17.5. The van der Waals surface area contributed by atoms with E-state index in [4.69, 9.17) is 9.84 Å². The van der Waals surface area contributed by atoms with E-state index >= 15 is 0 Å². The van der Waals surface area contributed by atoms with Gasteiger partial charge in [0.2, 0.25) is 0 Å². The number of carbonyl (C=O) groups excluding carboxylic acids is 1. The second kappa shape index (κ2) is 9.41. The van der Waals surface area contributed by atoms with Gasteiger partial charge in [0.1, 0.15) is 35.4 Å². The molecule has 0 saturated carbocycles. The number of ether oxygens (including phenoxy) is 1. The summed E-state index contributed by atoms with van der Waals surface area (Å²) in [7, 11) is 1.35. The molecule has 0 bridgehead atoms. The van der Waals surface area contributed by atoms with Crippen molar-refractivity contribution in [2.45, 2.75) is 18.9 Å². The first-order chi connectivity index (χ1) is 15.6. The van der Waals surface area contributed by atoms with E-state index in [9.17, 15) is 27.2 Å². The molecule has 174 valence electrons. The second-order valence-electron chi connectivity index (χ2n) is 7.05. The van der Waals surface area contributed by atoms with Crippen LogP contribution in [0.1, 0.15) is 34.6 Å². The van der Waals surface area contributed by atoms with Gasteiger partial charge in [0.05, 0.1) is 18.7 Å². The van der Waals surface area contributed by atoms with Crippen molar-refractivity contribution in [2.24, 2.45) is 0 Å². The number of carbonyl (C=O) groups is 1. The van der Waals surface area contributed by atoms with Crippen LogP contribution in [0.4, 0.5) is 17.6 Å². The van der Waals surface area contributed by atoms with Crippen molar-refractivity contribution in [2.75, 3.05) is 13.7 Å². The SMILES string of the molecule is COc1ccc(F)c(-n2nc(C(=O)N[C@H](C)c3cccc(C(F)(F)CO)c3F)ccc2=O)c1. The Balaban J connectivity index is 1.92. The third kappa shape index (κ3) is 4.87. The number of rotatable bonds is 7. The molecule has 7 nitrogen and oxygen atoms in total. The lowest BCUT2D eigenvalue weighted by atomic mass is 10.0. The van der Waals surface area contributed by atoms with Gasteiger partial charge in [0, 0.05) is 17.7 Å². The summed E-state index contributed by atoms with van der Waals surface area (Å²) in [5.41, 5.74) is -2.55. The molecule has 0 radical (unpaired) electrons. The Bertz CT molecular complexity index is 1250. The van der Waals surface area contributed by atoms with E-state index in [2.05, 4.69) is 10.4 Å². The average Bonchev–Trinajstić information content (AvgIpc) is 2.79. The fourth-order valence-electron chi connectivity index (χ4n) is 3.09. The molecule has 0 unspecified atom stereocenters. The fraction of sp³-hybridized carbons (Fsp3) is 0.227. The number of alkyl halides is 2. The minimum atomic E-state index is -3.80. The zero-order valence-electron chi connectivity index (χ0n) is 17.5. The smallest absolute Gasteiger partial charge is 0.298 e. The molecular weight excluding hydrogens is 446 g/mol. The topological polar surface area (TPSA) is 93.5 Å². The molecule has 0 aliphatic heterocycles. The number of hydrogen-bond acceptors (Lipinski definition) is 5. The van der Waals surface area contributed by atoms with E-state index in [0.29, 0.717) is 4.68 Å². The van der Waals surface area contributed by atoms with Gasteiger partial charge in [-0.1, -0.05) is 12.1 Å². The standard InChI is InChI=1S/C22H19F4N3O4/c1-12(14-4-3-5-15(20(14)24)22(25,26)11-30)27-21(32)17-8-9-19(31)29(28-17)18-10-13(33-2)6-7-16(18)23/h3-10,12,30H,11H2,1-2H3,(H,27,32)/t12-/m1/s1. The van der Waals surface area contributed by atoms with E-state index in [1.807, 2.05) is 0 Å². The zero-order chi connectivity index (χ0) is 24.3. The molecule has 1 aromatic heterocycles. The van der Waals surface area contributed by atoms with Gasteiger partial charge in [-0.05, 0) is 31.2 Å². The van der Waals surface area contributed by atoms with E-state index in [0.717, 1.165) is 24.3 Å². The van der Waals surface area contributed by atoms with Crippen LogP contribution in [0.5, 0.6) is 5.75 Å². The molecule has 33 heavy (non-hydrogen) atoms. The van der Waals surface area contributed by atoms with Gasteiger partial charge in [-0.15, -0.1) is 0 Å². The molecule has 1 heterocycles. The van der Waals surface area contributed by atoms with Gasteiger partial charge in [-0.3, -0.25) is 9.59 Å². The van der Waals surface area contributed by atoms with Gasteiger partial charge in [0.25, 0.3) is 17.4 Å². The second-order valence-corrected chi connectivity index (χ2v) is 7.05. The fourth-order valence-corrected chi connectivity index (χ4v) is 3.09. The summed E-state index contributed by atoms with van der Waals surface area (Å²) in [4.78, 5) is 24.9. The van der Waals surface area contributed by atoms with Gasteiger partial charge >= 0.3 is 0 Å². The van der Waals surface area contributed by atoms with Crippen molar-refractivity contribution in [3.8, 4) is 11.4 Å². The predicted molar refractivity (Wildman–Crippen MR) is 110 cm³/mol. The Kier molecular flexibility index (Phi) is 6.82. The number of halogens is 4. The maximum Gasteiger partial charge on any atom is 0.298 e. The van der Waals surface area contributed by atoms with Crippen molar-refractivity contribution in [1.29, 1.82) is 0 Å². The molecule has 0 aliphatic carbocycles. The number of aliphatic hydroxyl groups is 1. The number of methoxy groups -OCH3 is 1. The summed E-state index contributed by atoms with van der Waals surface area (Å²) in [6.07, 6.45) is 0. The highest BCUT2D eigenvalue weighted by molar-refractivity contribution is 5.92. The van der Waals surface area contributed by atoms with Crippen LogP contribution in [0.3, 0.4) is 0 Å². The molecule has 2 aromatic carbocycles. The van der Waals surface area contributed by atoms with E-state index in [1.54, 1.807) is 0 Å². The van der Waals surface area contributed by atoms with Gasteiger partial charge in [-0.2, -0.15) is 18.6 Å². The summed E-state index contributed by atoms with van der Waals surface area (Å²) in [6.45, 7) is -0.227. The molecular formula is C22H19F4N3O4. The van der Waals surface area contributed by atoms with Crippen molar-refractivity contribution in [3.05, 3.63) is 87.3 Å². The maximum absolute atomic E-state index is 14.7. The summed E-state index contributed by atoms with van der Waals surface area (Å²) in [5, 5.41) is 15.1. The Morgan fingerprint density at radius 2 is 1.94 bits per heavy atom. The van der Waals surface area contributed by atoms with Crippen LogP contribution in [0, 0.1) is 11.6 Å². The molecule has 3 rings (SSSR count). The van der Waals surface area contributed by atoms with Crippen molar-refractivity contribution in [1.82, 2.24) is 15.1 Å². The third-order valence-corrected chi connectivity index (χ3v) is 4.85. The van der Waals surface area contributed by atoms with E-state index in [1.165, 1.54) is 38.3 Å². The Morgan fingerprint density at radius 1 is 1.21 bits per heavy atom. The minimum Gasteiger partial charge on any atom is -0.497 e. The highest BCUT2D eigenvalue weighted by Gasteiger charge is 2.35. The first-order valence-corrected chi connectivity index (χ1v) is 9.61. The first kappa shape index (κ1) is 23.9. The number of nitrogens with one attached hydrogen (secondary N) is 1. The summed E-state index contributed by atoms with van der Waals surface area (Å²) >= 11 is 0. The first-order valence-electron chi connectivity index (χ1n) is 9.61. The summed E-state index contributed by atoms with van der Waals surface area (Å²) < 4.78 is 62.2. The summed E-state index contributed by atoms with van der Waals surface area (Å²) in [5.74, 6) is -6.49. The molecule has 3 aromatic rings. The van der Waals surface area contributed by atoms with Crippen LogP contribution in [0.25, 0.3) is 5.69 Å². The van der Waals surface area contributed by atoms with Crippen LogP contribution in [0.2, 0.25) is 0 Å². The van der Waals surface area contributed by atoms with Gasteiger partial charge in [0.15, 0.2) is 0 Å². The molecule has 11 heteroatoms. The van der Waals surface area contributed by atoms with Crippen LogP contribution in [-0.4, -0.2) is 34.5 Å². The van der Waals surface area contributed by atoms with Crippen LogP contribution < -0.4 is 15.6 Å². The van der Waals surface area contributed by atoms with Crippen LogP contribution in [0.15, 0.2) is 53.3 Å².